The van der Waals surface area contributed by atoms with Crippen LogP contribution in [0.4, 0.5) is 0 Å². The van der Waals surface area contributed by atoms with Crippen LogP contribution in [0.5, 0.6) is 0 Å². The fourth-order valence-electron chi connectivity index (χ4n) is 1.71. The molecular formula is C13H18BrNO. The van der Waals surface area contributed by atoms with Crippen LogP contribution in [0.15, 0.2) is 28.7 Å². The number of benzene rings is 1. The van der Waals surface area contributed by atoms with E-state index in [1.807, 2.05) is 39.1 Å². The van der Waals surface area contributed by atoms with Gasteiger partial charge in [-0.05, 0) is 18.7 Å². The number of aldehydes is 1. The summed E-state index contributed by atoms with van der Waals surface area (Å²) in [4.78, 5) is 13.0. The Morgan fingerprint density at radius 3 is 2.56 bits per heavy atom. The van der Waals surface area contributed by atoms with E-state index in [-0.39, 0.29) is 5.41 Å². The molecule has 0 aromatic heterocycles. The molecule has 0 radical (unpaired) electrons. The Balaban J connectivity index is 2.62. The molecule has 0 spiro atoms. The molecule has 0 aliphatic heterocycles. The maximum absolute atomic E-state index is 10.8. The molecular weight excluding hydrogens is 266 g/mol. The summed E-state index contributed by atoms with van der Waals surface area (Å²) < 4.78 is 1.12. The molecule has 3 heteroatoms. The molecule has 0 heterocycles. The molecule has 1 aromatic carbocycles. The number of carbonyl (C=O) groups excluding carboxylic acids is 1. The normalized spacial score (nSPS) is 11.8. The SMILES string of the molecule is CN(Cc1ccccc1Br)CC(C)(C)C=O. The van der Waals surface area contributed by atoms with Crippen molar-refractivity contribution in [3.05, 3.63) is 34.3 Å². The Hall–Kier alpha value is -0.670. The Kier molecular flexibility index (Phi) is 4.69. The summed E-state index contributed by atoms with van der Waals surface area (Å²) in [6.07, 6.45) is 1.02. The zero-order chi connectivity index (χ0) is 12.2. The smallest absolute Gasteiger partial charge is 0.126 e. The van der Waals surface area contributed by atoms with Gasteiger partial charge in [-0.1, -0.05) is 48.0 Å². The van der Waals surface area contributed by atoms with Gasteiger partial charge < -0.3 is 9.69 Å². The van der Waals surface area contributed by atoms with Gasteiger partial charge in [-0.25, -0.2) is 0 Å². The highest BCUT2D eigenvalue weighted by molar-refractivity contribution is 9.10. The van der Waals surface area contributed by atoms with E-state index in [1.165, 1.54) is 5.56 Å². The van der Waals surface area contributed by atoms with E-state index in [2.05, 4.69) is 26.9 Å². The molecule has 0 N–H and O–H groups in total. The van der Waals surface area contributed by atoms with Gasteiger partial charge in [-0.15, -0.1) is 0 Å². The first kappa shape index (κ1) is 13.4. The average molecular weight is 284 g/mol. The average Bonchev–Trinajstić information content (AvgIpc) is 2.21. The predicted octanol–water partition coefficient (Wildman–Crippen LogP) is 3.11. The molecule has 0 fully saturated rings. The minimum Gasteiger partial charge on any atom is -0.303 e. The minimum atomic E-state index is -0.282. The van der Waals surface area contributed by atoms with Crippen LogP contribution in [0.25, 0.3) is 0 Å². The summed E-state index contributed by atoms with van der Waals surface area (Å²) in [7, 11) is 2.03. The second kappa shape index (κ2) is 5.60. The Bertz CT molecular complexity index is 363. The number of hydrogen-bond acceptors (Lipinski definition) is 2. The van der Waals surface area contributed by atoms with Gasteiger partial charge in [0.1, 0.15) is 6.29 Å². The molecule has 0 aliphatic carbocycles. The summed E-state index contributed by atoms with van der Waals surface area (Å²) >= 11 is 3.53. The van der Waals surface area contributed by atoms with Gasteiger partial charge in [0, 0.05) is 23.0 Å². The Labute approximate surface area is 106 Å². The highest BCUT2D eigenvalue weighted by Gasteiger charge is 2.19. The van der Waals surface area contributed by atoms with Gasteiger partial charge in [0.2, 0.25) is 0 Å². The maximum atomic E-state index is 10.8. The third-order valence-electron chi connectivity index (χ3n) is 2.39. The van der Waals surface area contributed by atoms with Gasteiger partial charge >= 0.3 is 0 Å². The van der Waals surface area contributed by atoms with E-state index in [1.54, 1.807) is 0 Å². The lowest BCUT2D eigenvalue weighted by Crippen LogP contribution is -2.32. The largest absolute Gasteiger partial charge is 0.303 e. The van der Waals surface area contributed by atoms with Crippen LogP contribution in [0, 0.1) is 5.41 Å². The molecule has 0 amide bonds. The van der Waals surface area contributed by atoms with Crippen molar-refractivity contribution in [2.45, 2.75) is 20.4 Å². The summed E-state index contributed by atoms with van der Waals surface area (Å²) in [6, 6.07) is 8.16. The van der Waals surface area contributed by atoms with Crippen LogP contribution in [-0.2, 0) is 11.3 Å². The van der Waals surface area contributed by atoms with E-state index in [0.717, 1.165) is 23.8 Å². The lowest BCUT2D eigenvalue weighted by atomic mass is 9.95. The zero-order valence-corrected chi connectivity index (χ0v) is 11.6. The molecule has 0 saturated carbocycles. The molecule has 16 heavy (non-hydrogen) atoms. The topological polar surface area (TPSA) is 20.3 Å². The minimum absolute atomic E-state index is 0.282. The molecule has 88 valence electrons. The van der Waals surface area contributed by atoms with Crippen LogP contribution >= 0.6 is 15.9 Å². The van der Waals surface area contributed by atoms with Gasteiger partial charge in [0.15, 0.2) is 0 Å². The Morgan fingerprint density at radius 1 is 1.38 bits per heavy atom. The summed E-state index contributed by atoms with van der Waals surface area (Å²) in [6.45, 7) is 5.52. The van der Waals surface area contributed by atoms with Crippen LogP contribution in [-0.4, -0.2) is 24.8 Å². The lowest BCUT2D eigenvalue weighted by Gasteiger charge is -2.25. The first-order valence-corrected chi connectivity index (χ1v) is 6.12. The number of nitrogens with zero attached hydrogens (tertiary/aromatic N) is 1. The first-order valence-electron chi connectivity index (χ1n) is 5.33. The predicted molar refractivity (Wildman–Crippen MR) is 70.3 cm³/mol. The fourth-order valence-corrected chi connectivity index (χ4v) is 2.12. The molecule has 0 atom stereocenters. The van der Waals surface area contributed by atoms with E-state index in [0.29, 0.717) is 0 Å². The van der Waals surface area contributed by atoms with Gasteiger partial charge in [-0.3, -0.25) is 0 Å². The first-order chi connectivity index (χ1) is 7.44. The van der Waals surface area contributed by atoms with Gasteiger partial charge in [-0.2, -0.15) is 0 Å². The fraction of sp³-hybridized carbons (Fsp3) is 0.462. The number of halogens is 1. The van der Waals surface area contributed by atoms with Crippen LogP contribution in [0.2, 0.25) is 0 Å². The standard InChI is InChI=1S/C13H18BrNO/c1-13(2,10-16)9-15(3)8-11-6-4-5-7-12(11)14/h4-7,10H,8-9H2,1-3H3. The van der Waals surface area contributed by atoms with Crippen LogP contribution < -0.4 is 0 Å². The highest BCUT2D eigenvalue weighted by Crippen LogP contribution is 2.19. The van der Waals surface area contributed by atoms with E-state index < -0.39 is 0 Å². The summed E-state index contributed by atoms with van der Waals surface area (Å²) in [5, 5.41) is 0. The number of rotatable bonds is 5. The van der Waals surface area contributed by atoms with E-state index in [4.69, 9.17) is 0 Å². The van der Waals surface area contributed by atoms with Crippen LogP contribution in [0.3, 0.4) is 0 Å². The lowest BCUT2D eigenvalue weighted by molar-refractivity contribution is -0.115. The van der Waals surface area contributed by atoms with Gasteiger partial charge in [0.05, 0.1) is 0 Å². The maximum Gasteiger partial charge on any atom is 0.126 e. The summed E-state index contributed by atoms with van der Waals surface area (Å²) in [5.74, 6) is 0. The van der Waals surface area contributed by atoms with Crippen LogP contribution in [0.1, 0.15) is 19.4 Å². The van der Waals surface area contributed by atoms with Crippen molar-refractivity contribution in [2.24, 2.45) is 5.41 Å². The molecule has 0 aliphatic rings. The molecule has 1 aromatic rings. The van der Waals surface area contributed by atoms with Crippen molar-refractivity contribution in [2.75, 3.05) is 13.6 Å². The van der Waals surface area contributed by atoms with Gasteiger partial charge in [0.25, 0.3) is 0 Å². The monoisotopic (exact) mass is 283 g/mol. The summed E-state index contributed by atoms with van der Waals surface area (Å²) in [5.41, 5.74) is 0.961. The second-order valence-corrected chi connectivity index (χ2v) is 5.72. The third kappa shape index (κ3) is 4.06. The van der Waals surface area contributed by atoms with Crippen molar-refractivity contribution in [1.29, 1.82) is 0 Å². The third-order valence-corrected chi connectivity index (χ3v) is 3.17. The second-order valence-electron chi connectivity index (χ2n) is 4.87. The number of hydrogen-bond donors (Lipinski definition) is 0. The molecule has 0 unspecified atom stereocenters. The molecule has 0 saturated heterocycles. The highest BCUT2D eigenvalue weighted by atomic mass is 79.9. The molecule has 1 rings (SSSR count). The van der Waals surface area contributed by atoms with E-state index in [9.17, 15) is 4.79 Å². The van der Waals surface area contributed by atoms with Crippen molar-refractivity contribution >= 4 is 22.2 Å². The zero-order valence-electron chi connectivity index (χ0n) is 10.0. The van der Waals surface area contributed by atoms with Crippen molar-refractivity contribution in [3.63, 3.8) is 0 Å². The quantitative estimate of drug-likeness (QED) is 0.774. The number of carbonyl (C=O) groups is 1. The molecule has 0 bridgehead atoms. The van der Waals surface area contributed by atoms with Crippen molar-refractivity contribution in [3.8, 4) is 0 Å². The van der Waals surface area contributed by atoms with E-state index >= 15 is 0 Å². The Morgan fingerprint density at radius 2 is 2.00 bits per heavy atom. The van der Waals surface area contributed by atoms with Crippen molar-refractivity contribution < 1.29 is 4.79 Å². The van der Waals surface area contributed by atoms with Crippen molar-refractivity contribution in [1.82, 2.24) is 4.90 Å². The molecule has 2 nitrogen and oxygen atoms in total.